The lowest BCUT2D eigenvalue weighted by molar-refractivity contribution is -0.117. The van der Waals surface area contributed by atoms with Gasteiger partial charge in [-0.25, -0.2) is 13.1 Å². The number of piperidine rings is 1. The van der Waals surface area contributed by atoms with Crippen molar-refractivity contribution in [2.45, 2.75) is 23.8 Å². The summed E-state index contributed by atoms with van der Waals surface area (Å²) < 4.78 is 28.7. The number of nitrogens with zero attached hydrogens (tertiary/aromatic N) is 3. The van der Waals surface area contributed by atoms with Crippen LogP contribution >= 0.6 is 0 Å². The van der Waals surface area contributed by atoms with E-state index in [4.69, 9.17) is 0 Å². The lowest BCUT2D eigenvalue weighted by Crippen LogP contribution is -2.46. The minimum atomic E-state index is -3.53. The maximum atomic E-state index is 12.8. The second-order valence-electron chi connectivity index (χ2n) is 5.84. The second kappa shape index (κ2) is 7.20. The van der Waals surface area contributed by atoms with Gasteiger partial charge in [-0.05, 0) is 49.2 Å². The van der Waals surface area contributed by atoms with E-state index in [9.17, 15) is 13.2 Å². The molecule has 1 fully saturated rings. The number of hydrogen-bond donors (Lipinski definition) is 1. The molecule has 0 aliphatic carbocycles. The maximum Gasteiger partial charge on any atom is 0.243 e. The van der Waals surface area contributed by atoms with Gasteiger partial charge in [-0.3, -0.25) is 4.79 Å². The molecule has 1 aliphatic heterocycles. The van der Waals surface area contributed by atoms with Crippen molar-refractivity contribution >= 4 is 15.9 Å². The average molecular weight is 360 g/mol. The van der Waals surface area contributed by atoms with Crippen LogP contribution in [0, 0.1) is 0 Å². The fraction of sp³-hybridized carbons (Fsp3) is 0.294. The lowest BCUT2D eigenvalue weighted by Gasteiger charge is -2.31. The Balaban J connectivity index is 1.68. The van der Waals surface area contributed by atoms with Crippen molar-refractivity contribution in [1.29, 1.82) is 0 Å². The molecule has 8 heteroatoms. The van der Waals surface area contributed by atoms with Crippen molar-refractivity contribution in [1.82, 2.24) is 19.4 Å². The Labute approximate surface area is 147 Å². The Kier molecular flexibility index (Phi) is 5.00. The number of nitrogens with one attached hydrogen (secondary N) is 1. The molecule has 2 heterocycles. The first-order valence-electron chi connectivity index (χ1n) is 8.04. The summed E-state index contributed by atoms with van der Waals surface area (Å²) in [6.07, 6.45) is 5.87. The first-order chi connectivity index (χ1) is 12.0. The molecule has 1 N–H and O–H groups in total. The number of carbonyl (C=O) groups excluding carboxylic acids is 1. The minimum Gasteiger partial charge on any atom is -0.350 e. The molecule has 2 aromatic rings. The zero-order valence-electron chi connectivity index (χ0n) is 13.7. The lowest BCUT2D eigenvalue weighted by atomic mass is 10.1. The zero-order chi connectivity index (χ0) is 17.9. The SMILES string of the molecule is C=CC(=O)NC1CCN(S(=O)(=O)c2ccc(-n3cccn3)cc2)CC1. The predicted octanol–water partition coefficient (Wildman–Crippen LogP) is 1.33. The van der Waals surface area contributed by atoms with Gasteiger partial charge in [0.05, 0.1) is 10.6 Å². The van der Waals surface area contributed by atoms with E-state index in [-0.39, 0.29) is 16.8 Å². The number of rotatable bonds is 5. The van der Waals surface area contributed by atoms with Crippen LogP contribution in [0.25, 0.3) is 5.69 Å². The highest BCUT2D eigenvalue weighted by Crippen LogP contribution is 2.22. The largest absolute Gasteiger partial charge is 0.350 e. The number of amides is 1. The molecule has 0 saturated carbocycles. The topological polar surface area (TPSA) is 84.3 Å². The van der Waals surface area contributed by atoms with Gasteiger partial charge in [0.2, 0.25) is 15.9 Å². The number of carbonyl (C=O) groups is 1. The van der Waals surface area contributed by atoms with Gasteiger partial charge in [0.25, 0.3) is 0 Å². The van der Waals surface area contributed by atoms with Crippen molar-refractivity contribution in [3.8, 4) is 5.69 Å². The number of sulfonamides is 1. The molecule has 1 aromatic carbocycles. The Bertz CT molecular complexity index is 837. The van der Waals surface area contributed by atoms with Crippen LogP contribution in [0.1, 0.15) is 12.8 Å². The van der Waals surface area contributed by atoms with Crippen LogP contribution < -0.4 is 5.32 Å². The van der Waals surface area contributed by atoms with E-state index in [2.05, 4.69) is 17.0 Å². The molecule has 0 bridgehead atoms. The molecule has 7 nitrogen and oxygen atoms in total. The summed E-state index contributed by atoms with van der Waals surface area (Å²) >= 11 is 0. The molecule has 3 rings (SSSR count). The summed E-state index contributed by atoms with van der Waals surface area (Å²) in [5.41, 5.74) is 0.801. The van der Waals surface area contributed by atoms with Crippen LogP contribution in [0.15, 0.2) is 60.3 Å². The van der Waals surface area contributed by atoms with Crippen molar-refractivity contribution in [3.05, 3.63) is 55.4 Å². The molecule has 0 spiro atoms. The fourth-order valence-electron chi connectivity index (χ4n) is 2.84. The van der Waals surface area contributed by atoms with Crippen LogP contribution in [0.4, 0.5) is 0 Å². The summed E-state index contributed by atoms with van der Waals surface area (Å²) in [6.45, 7) is 4.18. The quantitative estimate of drug-likeness (QED) is 0.815. The van der Waals surface area contributed by atoms with Gasteiger partial charge < -0.3 is 5.32 Å². The van der Waals surface area contributed by atoms with Crippen LogP contribution in [-0.4, -0.2) is 47.5 Å². The van der Waals surface area contributed by atoms with Gasteiger partial charge >= 0.3 is 0 Å². The number of aromatic nitrogens is 2. The van der Waals surface area contributed by atoms with E-state index in [1.54, 1.807) is 47.4 Å². The molecule has 1 saturated heterocycles. The molecule has 1 amide bonds. The normalized spacial score (nSPS) is 16.5. The highest BCUT2D eigenvalue weighted by atomic mass is 32.2. The van der Waals surface area contributed by atoms with Crippen LogP contribution in [0.2, 0.25) is 0 Å². The molecule has 1 aromatic heterocycles. The first kappa shape index (κ1) is 17.4. The standard InChI is InChI=1S/C17H20N4O3S/c1-2-17(22)19-14-8-12-20(13-9-14)25(23,24)16-6-4-15(5-7-16)21-11-3-10-18-21/h2-7,10-11,14H,1,8-9,12-13H2,(H,19,22). The van der Waals surface area contributed by atoms with Gasteiger partial charge in [0.1, 0.15) is 0 Å². The molecular weight excluding hydrogens is 340 g/mol. The third-order valence-corrected chi connectivity index (χ3v) is 6.14. The van der Waals surface area contributed by atoms with Crippen molar-refractivity contribution in [3.63, 3.8) is 0 Å². The van der Waals surface area contributed by atoms with Gasteiger partial charge in [-0.1, -0.05) is 6.58 Å². The predicted molar refractivity (Wildman–Crippen MR) is 93.7 cm³/mol. The number of benzene rings is 1. The monoisotopic (exact) mass is 360 g/mol. The van der Waals surface area contributed by atoms with Crippen molar-refractivity contribution in [2.24, 2.45) is 0 Å². The van der Waals surface area contributed by atoms with E-state index >= 15 is 0 Å². The van der Waals surface area contributed by atoms with E-state index in [0.29, 0.717) is 25.9 Å². The zero-order valence-corrected chi connectivity index (χ0v) is 14.5. The highest BCUT2D eigenvalue weighted by molar-refractivity contribution is 7.89. The summed E-state index contributed by atoms with van der Waals surface area (Å²) in [6, 6.07) is 8.45. The van der Waals surface area contributed by atoms with Crippen LogP contribution in [-0.2, 0) is 14.8 Å². The van der Waals surface area contributed by atoms with Gasteiger partial charge in [0, 0.05) is 31.5 Å². The summed E-state index contributed by atoms with van der Waals surface area (Å²) in [5.74, 6) is -0.226. The molecular formula is C17H20N4O3S. The van der Waals surface area contributed by atoms with Crippen molar-refractivity contribution in [2.75, 3.05) is 13.1 Å². The smallest absolute Gasteiger partial charge is 0.243 e. The van der Waals surface area contributed by atoms with Gasteiger partial charge in [0.15, 0.2) is 0 Å². The summed E-state index contributed by atoms with van der Waals surface area (Å²) in [7, 11) is -3.53. The molecule has 132 valence electrons. The Morgan fingerprint density at radius 3 is 2.48 bits per heavy atom. The van der Waals surface area contributed by atoms with Crippen molar-refractivity contribution < 1.29 is 13.2 Å². The second-order valence-corrected chi connectivity index (χ2v) is 7.77. The average Bonchev–Trinajstić information content (AvgIpc) is 3.17. The third-order valence-electron chi connectivity index (χ3n) is 4.23. The van der Waals surface area contributed by atoms with E-state index in [1.165, 1.54) is 10.4 Å². The summed E-state index contributed by atoms with van der Waals surface area (Å²) in [4.78, 5) is 11.6. The Morgan fingerprint density at radius 2 is 1.92 bits per heavy atom. The first-order valence-corrected chi connectivity index (χ1v) is 9.48. The van der Waals surface area contributed by atoms with E-state index in [0.717, 1.165) is 5.69 Å². The Morgan fingerprint density at radius 1 is 1.24 bits per heavy atom. The maximum absolute atomic E-state index is 12.8. The molecule has 0 atom stereocenters. The Hall–Kier alpha value is -2.45. The molecule has 0 radical (unpaired) electrons. The van der Waals surface area contributed by atoms with Crippen LogP contribution in [0.3, 0.4) is 0 Å². The molecule has 1 aliphatic rings. The molecule has 0 unspecified atom stereocenters. The van der Waals surface area contributed by atoms with E-state index in [1.807, 2.05) is 0 Å². The third kappa shape index (κ3) is 3.80. The van der Waals surface area contributed by atoms with Crippen LogP contribution in [0.5, 0.6) is 0 Å². The minimum absolute atomic E-state index is 0.0147. The highest BCUT2D eigenvalue weighted by Gasteiger charge is 2.29. The van der Waals surface area contributed by atoms with E-state index < -0.39 is 10.0 Å². The summed E-state index contributed by atoms with van der Waals surface area (Å²) in [5, 5.41) is 6.94. The number of hydrogen-bond acceptors (Lipinski definition) is 4. The van der Waals surface area contributed by atoms with Gasteiger partial charge in [-0.15, -0.1) is 0 Å². The molecule has 25 heavy (non-hydrogen) atoms. The van der Waals surface area contributed by atoms with Gasteiger partial charge in [-0.2, -0.15) is 9.40 Å². The fourth-order valence-corrected chi connectivity index (χ4v) is 4.31.